The van der Waals surface area contributed by atoms with E-state index in [9.17, 15) is 4.79 Å². The SMILES string of the molecule is O=C(Nc1nc(C2CC2)cs1)c1sc(-c2ccco2)nc1-c1ccccc1. The Morgan fingerprint density at radius 1 is 1.11 bits per heavy atom. The maximum atomic E-state index is 13.0. The minimum absolute atomic E-state index is 0.194. The highest BCUT2D eigenvalue weighted by Crippen LogP contribution is 2.41. The molecule has 3 heterocycles. The molecule has 0 radical (unpaired) electrons. The van der Waals surface area contributed by atoms with Gasteiger partial charge in [0.05, 0.1) is 17.7 Å². The number of carbonyl (C=O) groups is 1. The van der Waals surface area contributed by atoms with Gasteiger partial charge in [-0.05, 0) is 25.0 Å². The smallest absolute Gasteiger partial charge is 0.269 e. The molecular weight excluding hydrogens is 378 g/mol. The molecule has 4 aromatic rings. The Morgan fingerprint density at radius 2 is 1.96 bits per heavy atom. The number of thiazole rings is 2. The van der Waals surface area contributed by atoms with Crippen LogP contribution in [0.2, 0.25) is 0 Å². The molecule has 0 aliphatic heterocycles. The molecule has 1 aliphatic carbocycles. The van der Waals surface area contributed by atoms with E-state index in [1.807, 2.05) is 47.8 Å². The Bertz CT molecular complexity index is 1080. The number of hydrogen-bond acceptors (Lipinski definition) is 6. The van der Waals surface area contributed by atoms with Gasteiger partial charge in [-0.25, -0.2) is 9.97 Å². The predicted molar refractivity (Wildman–Crippen MR) is 107 cm³/mol. The monoisotopic (exact) mass is 393 g/mol. The zero-order valence-electron chi connectivity index (χ0n) is 14.2. The number of nitrogens with one attached hydrogen (secondary N) is 1. The number of nitrogens with zero attached hydrogens (tertiary/aromatic N) is 2. The van der Waals surface area contributed by atoms with Crippen LogP contribution in [0.1, 0.15) is 34.1 Å². The van der Waals surface area contributed by atoms with Crippen LogP contribution < -0.4 is 5.32 Å². The van der Waals surface area contributed by atoms with Crippen molar-refractivity contribution in [2.45, 2.75) is 18.8 Å². The van der Waals surface area contributed by atoms with Crippen molar-refractivity contribution < 1.29 is 9.21 Å². The molecule has 134 valence electrons. The number of amides is 1. The van der Waals surface area contributed by atoms with Gasteiger partial charge in [0.1, 0.15) is 4.88 Å². The third kappa shape index (κ3) is 3.31. The Labute approximate surface area is 163 Å². The van der Waals surface area contributed by atoms with E-state index in [0.29, 0.717) is 32.4 Å². The molecule has 5 nitrogen and oxygen atoms in total. The molecule has 3 aromatic heterocycles. The first-order chi connectivity index (χ1) is 13.3. The first kappa shape index (κ1) is 16.4. The summed E-state index contributed by atoms with van der Waals surface area (Å²) in [6, 6.07) is 13.4. The largest absolute Gasteiger partial charge is 0.462 e. The van der Waals surface area contributed by atoms with Gasteiger partial charge < -0.3 is 4.42 Å². The minimum atomic E-state index is -0.194. The molecule has 1 amide bonds. The Morgan fingerprint density at radius 3 is 2.70 bits per heavy atom. The zero-order valence-corrected chi connectivity index (χ0v) is 15.8. The van der Waals surface area contributed by atoms with Gasteiger partial charge in [-0.15, -0.1) is 22.7 Å². The average molecular weight is 393 g/mol. The molecule has 1 N–H and O–H groups in total. The Hall–Kier alpha value is -2.77. The molecule has 1 aromatic carbocycles. The fourth-order valence-corrected chi connectivity index (χ4v) is 4.57. The average Bonchev–Trinajstić information content (AvgIpc) is 3.11. The summed E-state index contributed by atoms with van der Waals surface area (Å²) in [5.41, 5.74) is 2.64. The van der Waals surface area contributed by atoms with E-state index in [1.165, 1.54) is 35.5 Å². The highest BCUT2D eigenvalue weighted by Gasteiger charge is 2.27. The molecule has 1 saturated carbocycles. The van der Waals surface area contributed by atoms with Crippen LogP contribution in [0.25, 0.3) is 22.0 Å². The van der Waals surface area contributed by atoms with Gasteiger partial charge in [-0.3, -0.25) is 10.1 Å². The van der Waals surface area contributed by atoms with Crippen molar-refractivity contribution in [2.24, 2.45) is 0 Å². The van der Waals surface area contributed by atoms with Crippen molar-refractivity contribution in [3.05, 3.63) is 64.7 Å². The highest BCUT2D eigenvalue weighted by atomic mass is 32.1. The van der Waals surface area contributed by atoms with Crippen molar-refractivity contribution in [2.75, 3.05) is 5.32 Å². The number of anilines is 1. The number of benzene rings is 1. The Balaban J connectivity index is 1.50. The van der Waals surface area contributed by atoms with Crippen LogP contribution in [-0.2, 0) is 0 Å². The van der Waals surface area contributed by atoms with Gasteiger partial charge in [0.2, 0.25) is 0 Å². The van der Waals surface area contributed by atoms with Crippen LogP contribution in [0, 0.1) is 0 Å². The summed E-state index contributed by atoms with van der Waals surface area (Å²) < 4.78 is 5.46. The third-order valence-electron chi connectivity index (χ3n) is 4.35. The number of furan rings is 1. The summed E-state index contributed by atoms with van der Waals surface area (Å²) in [5.74, 6) is 1.03. The van der Waals surface area contributed by atoms with Crippen LogP contribution in [0.15, 0.2) is 58.5 Å². The number of carbonyl (C=O) groups excluding carboxylic acids is 1. The lowest BCUT2D eigenvalue weighted by molar-refractivity contribution is 0.103. The maximum absolute atomic E-state index is 13.0. The first-order valence-corrected chi connectivity index (χ1v) is 10.3. The second-order valence-corrected chi connectivity index (χ2v) is 8.20. The van der Waals surface area contributed by atoms with Gasteiger partial charge >= 0.3 is 0 Å². The molecule has 0 unspecified atom stereocenters. The van der Waals surface area contributed by atoms with E-state index in [0.717, 1.165) is 11.3 Å². The lowest BCUT2D eigenvalue weighted by Gasteiger charge is -2.02. The molecule has 27 heavy (non-hydrogen) atoms. The third-order valence-corrected chi connectivity index (χ3v) is 6.20. The van der Waals surface area contributed by atoms with Crippen molar-refractivity contribution in [1.82, 2.24) is 9.97 Å². The van der Waals surface area contributed by atoms with E-state index in [1.54, 1.807) is 6.26 Å². The number of hydrogen-bond donors (Lipinski definition) is 1. The van der Waals surface area contributed by atoms with Gasteiger partial charge in [0, 0.05) is 16.9 Å². The fourth-order valence-electron chi connectivity index (χ4n) is 2.84. The van der Waals surface area contributed by atoms with Crippen molar-refractivity contribution in [3.8, 4) is 22.0 Å². The predicted octanol–water partition coefficient (Wildman–Crippen LogP) is 5.66. The zero-order chi connectivity index (χ0) is 18.2. The van der Waals surface area contributed by atoms with Crippen LogP contribution >= 0.6 is 22.7 Å². The Kier molecular flexibility index (Phi) is 4.10. The molecule has 0 saturated heterocycles. The van der Waals surface area contributed by atoms with Gasteiger partial charge in [-0.1, -0.05) is 30.3 Å². The fraction of sp³-hybridized carbons (Fsp3) is 0.150. The van der Waals surface area contributed by atoms with Crippen LogP contribution in [0.3, 0.4) is 0 Å². The molecule has 1 aliphatic rings. The number of rotatable bonds is 5. The standard InChI is InChI=1S/C20H15N3O2S2/c24-18(23-20-21-14(11-26-20)12-8-9-12)17-16(13-5-2-1-3-6-13)22-19(27-17)15-7-4-10-25-15/h1-7,10-12H,8-9H2,(H,21,23,24). The van der Waals surface area contributed by atoms with Crippen LogP contribution in [0.5, 0.6) is 0 Å². The normalized spacial score (nSPS) is 13.6. The van der Waals surface area contributed by atoms with Gasteiger partial charge in [0.15, 0.2) is 15.9 Å². The molecule has 0 spiro atoms. The van der Waals surface area contributed by atoms with Crippen molar-refractivity contribution >= 4 is 33.7 Å². The van der Waals surface area contributed by atoms with Crippen LogP contribution in [0.4, 0.5) is 5.13 Å². The minimum Gasteiger partial charge on any atom is -0.462 e. The summed E-state index contributed by atoms with van der Waals surface area (Å²) in [4.78, 5) is 22.8. The lowest BCUT2D eigenvalue weighted by atomic mass is 10.1. The van der Waals surface area contributed by atoms with E-state index < -0.39 is 0 Å². The molecule has 7 heteroatoms. The molecule has 0 bridgehead atoms. The second-order valence-electron chi connectivity index (χ2n) is 6.35. The van der Waals surface area contributed by atoms with E-state index in [4.69, 9.17) is 4.42 Å². The highest BCUT2D eigenvalue weighted by molar-refractivity contribution is 7.17. The van der Waals surface area contributed by atoms with Gasteiger partial charge in [-0.2, -0.15) is 0 Å². The quantitative estimate of drug-likeness (QED) is 0.475. The first-order valence-electron chi connectivity index (χ1n) is 8.65. The van der Waals surface area contributed by atoms with E-state index >= 15 is 0 Å². The molecule has 5 rings (SSSR count). The maximum Gasteiger partial charge on any atom is 0.269 e. The van der Waals surface area contributed by atoms with Gasteiger partial charge in [0.25, 0.3) is 5.91 Å². The van der Waals surface area contributed by atoms with Crippen molar-refractivity contribution in [3.63, 3.8) is 0 Å². The molecule has 0 atom stereocenters. The van der Waals surface area contributed by atoms with E-state index in [2.05, 4.69) is 15.3 Å². The van der Waals surface area contributed by atoms with Crippen molar-refractivity contribution in [1.29, 1.82) is 0 Å². The summed E-state index contributed by atoms with van der Waals surface area (Å²) in [6.07, 6.45) is 3.99. The summed E-state index contributed by atoms with van der Waals surface area (Å²) in [7, 11) is 0. The number of aromatic nitrogens is 2. The topological polar surface area (TPSA) is 68.0 Å². The summed E-state index contributed by atoms with van der Waals surface area (Å²) >= 11 is 2.79. The van der Waals surface area contributed by atoms with Crippen LogP contribution in [-0.4, -0.2) is 15.9 Å². The molecule has 1 fully saturated rings. The summed E-state index contributed by atoms with van der Waals surface area (Å²) in [6.45, 7) is 0. The second kappa shape index (κ2) is 6.75. The lowest BCUT2D eigenvalue weighted by Crippen LogP contribution is -2.11. The molecular formula is C20H15N3O2S2. The summed E-state index contributed by atoms with van der Waals surface area (Å²) in [5, 5.41) is 6.29. The van der Waals surface area contributed by atoms with E-state index in [-0.39, 0.29) is 5.91 Å².